The number of carboxylic acids is 2. The SMILES string of the molecule is C=CC(=O)C(=CC(=O)O)C(=O)O. The van der Waals surface area contributed by atoms with Gasteiger partial charge in [-0.1, -0.05) is 6.58 Å². The molecular formula is C7H6O5. The average molecular weight is 170 g/mol. The van der Waals surface area contributed by atoms with Gasteiger partial charge in [-0.3, -0.25) is 4.79 Å². The van der Waals surface area contributed by atoms with Gasteiger partial charge in [-0.15, -0.1) is 0 Å². The van der Waals surface area contributed by atoms with Gasteiger partial charge in [0.25, 0.3) is 0 Å². The van der Waals surface area contributed by atoms with Crippen LogP contribution in [0.3, 0.4) is 0 Å². The number of aliphatic carboxylic acids is 2. The molecule has 0 fully saturated rings. The third kappa shape index (κ3) is 2.78. The van der Waals surface area contributed by atoms with Crippen molar-refractivity contribution in [3.63, 3.8) is 0 Å². The lowest BCUT2D eigenvalue weighted by molar-refractivity contribution is -0.136. The monoisotopic (exact) mass is 170 g/mol. The Morgan fingerprint density at radius 1 is 1.17 bits per heavy atom. The molecule has 5 heteroatoms. The van der Waals surface area contributed by atoms with Crippen molar-refractivity contribution in [1.82, 2.24) is 0 Å². The summed E-state index contributed by atoms with van der Waals surface area (Å²) in [6.07, 6.45) is 1.06. The van der Waals surface area contributed by atoms with Crippen molar-refractivity contribution in [3.05, 3.63) is 24.3 Å². The van der Waals surface area contributed by atoms with Crippen LogP contribution in [0.25, 0.3) is 0 Å². The van der Waals surface area contributed by atoms with Crippen LogP contribution >= 0.6 is 0 Å². The highest BCUT2D eigenvalue weighted by Crippen LogP contribution is 1.97. The Hall–Kier alpha value is -1.91. The van der Waals surface area contributed by atoms with Gasteiger partial charge in [0.15, 0.2) is 5.78 Å². The van der Waals surface area contributed by atoms with E-state index in [4.69, 9.17) is 10.2 Å². The number of ketones is 1. The van der Waals surface area contributed by atoms with Gasteiger partial charge in [0.1, 0.15) is 5.57 Å². The molecule has 0 saturated carbocycles. The molecule has 5 nitrogen and oxygen atoms in total. The molecule has 0 amide bonds. The molecule has 0 aromatic rings. The number of hydrogen-bond donors (Lipinski definition) is 2. The normalized spacial score (nSPS) is 10.5. The predicted molar refractivity (Wildman–Crippen MR) is 38.6 cm³/mol. The van der Waals surface area contributed by atoms with E-state index < -0.39 is 23.3 Å². The second kappa shape index (κ2) is 4.07. The summed E-state index contributed by atoms with van der Waals surface area (Å²) in [4.78, 5) is 30.9. The summed E-state index contributed by atoms with van der Waals surface area (Å²) in [6.45, 7) is 3.02. The summed E-state index contributed by atoms with van der Waals surface area (Å²) in [5, 5.41) is 16.5. The number of allylic oxidation sites excluding steroid dienone is 1. The molecule has 64 valence electrons. The van der Waals surface area contributed by atoms with Crippen molar-refractivity contribution in [3.8, 4) is 0 Å². The Labute approximate surface area is 67.6 Å². The van der Waals surface area contributed by atoms with Gasteiger partial charge in [-0.2, -0.15) is 0 Å². The lowest BCUT2D eigenvalue weighted by Crippen LogP contribution is -2.11. The number of rotatable bonds is 4. The highest BCUT2D eigenvalue weighted by Gasteiger charge is 2.15. The number of carbonyl (C=O) groups excluding carboxylic acids is 1. The van der Waals surface area contributed by atoms with Crippen LogP contribution < -0.4 is 0 Å². The van der Waals surface area contributed by atoms with Gasteiger partial charge in [0.05, 0.1) is 0 Å². The van der Waals surface area contributed by atoms with Gasteiger partial charge in [0.2, 0.25) is 0 Å². The topological polar surface area (TPSA) is 91.7 Å². The van der Waals surface area contributed by atoms with Gasteiger partial charge in [-0.05, 0) is 6.08 Å². The number of carbonyl (C=O) groups is 3. The van der Waals surface area contributed by atoms with Crippen LogP contribution in [0.2, 0.25) is 0 Å². The third-order valence-corrected chi connectivity index (χ3v) is 0.949. The summed E-state index contributed by atoms with van der Waals surface area (Å²) < 4.78 is 0. The Bertz CT molecular complexity index is 274. The van der Waals surface area contributed by atoms with E-state index in [1.54, 1.807) is 0 Å². The zero-order chi connectivity index (χ0) is 9.72. The van der Waals surface area contributed by atoms with Crippen molar-refractivity contribution in [2.45, 2.75) is 0 Å². The Balaban J connectivity index is 4.91. The van der Waals surface area contributed by atoms with Crippen LogP contribution in [0.1, 0.15) is 0 Å². The molecule has 0 rings (SSSR count). The fraction of sp³-hybridized carbons (Fsp3) is 0. The van der Waals surface area contributed by atoms with E-state index >= 15 is 0 Å². The largest absolute Gasteiger partial charge is 0.478 e. The van der Waals surface area contributed by atoms with Crippen molar-refractivity contribution in [2.24, 2.45) is 0 Å². The maximum absolute atomic E-state index is 10.7. The van der Waals surface area contributed by atoms with Gasteiger partial charge < -0.3 is 10.2 Å². The molecule has 0 atom stereocenters. The minimum absolute atomic E-state index is 0.326. The van der Waals surface area contributed by atoms with Gasteiger partial charge in [0, 0.05) is 6.08 Å². The molecule has 0 aromatic heterocycles. The molecule has 2 N–H and O–H groups in total. The predicted octanol–water partition coefficient (Wildman–Crippen LogP) is -0.163. The first-order valence-corrected chi connectivity index (χ1v) is 2.83. The van der Waals surface area contributed by atoms with Crippen molar-refractivity contribution in [1.29, 1.82) is 0 Å². The first-order chi connectivity index (χ1) is 5.49. The molecule has 0 aliphatic rings. The van der Waals surface area contributed by atoms with E-state index in [1.807, 2.05) is 0 Å². The van der Waals surface area contributed by atoms with Crippen molar-refractivity contribution in [2.75, 3.05) is 0 Å². The van der Waals surface area contributed by atoms with E-state index in [0.717, 1.165) is 6.08 Å². The molecule has 0 spiro atoms. The van der Waals surface area contributed by atoms with Crippen LogP contribution in [-0.2, 0) is 14.4 Å². The second-order valence-corrected chi connectivity index (χ2v) is 1.77. The zero-order valence-electron chi connectivity index (χ0n) is 5.98. The Kier molecular flexibility index (Phi) is 3.42. The van der Waals surface area contributed by atoms with E-state index in [0.29, 0.717) is 6.08 Å². The summed E-state index contributed by atoms with van der Waals surface area (Å²) in [6, 6.07) is 0. The molecular weight excluding hydrogens is 164 g/mol. The fourth-order valence-corrected chi connectivity index (χ4v) is 0.472. The number of carboxylic acid groups (broad SMARTS) is 2. The Morgan fingerprint density at radius 2 is 1.67 bits per heavy atom. The minimum Gasteiger partial charge on any atom is -0.478 e. The molecule has 0 unspecified atom stereocenters. The lowest BCUT2D eigenvalue weighted by atomic mass is 10.1. The zero-order valence-corrected chi connectivity index (χ0v) is 5.98. The molecule has 0 aliphatic heterocycles. The highest BCUT2D eigenvalue weighted by molar-refractivity contribution is 6.23. The van der Waals surface area contributed by atoms with Crippen molar-refractivity contribution < 1.29 is 24.6 Å². The first kappa shape index (κ1) is 10.1. The second-order valence-electron chi connectivity index (χ2n) is 1.77. The van der Waals surface area contributed by atoms with Crippen LogP contribution in [0.4, 0.5) is 0 Å². The first-order valence-electron chi connectivity index (χ1n) is 2.83. The van der Waals surface area contributed by atoms with Gasteiger partial charge in [-0.25, -0.2) is 9.59 Å². The maximum Gasteiger partial charge on any atom is 0.339 e. The average Bonchev–Trinajstić information content (AvgIpc) is 1.98. The molecule has 0 saturated heterocycles. The Morgan fingerprint density at radius 3 is 1.92 bits per heavy atom. The summed E-state index contributed by atoms with van der Waals surface area (Å²) in [7, 11) is 0. The van der Waals surface area contributed by atoms with Crippen molar-refractivity contribution >= 4 is 17.7 Å². The van der Waals surface area contributed by atoms with Crippen LogP contribution in [0, 0.1) is 0 Å². The van der Waals surface area contributed by atoms with E-state index in [-0.39, 0.29) is 0 Å². The van der Waals surface area contributed by atoms with Crippen LogP contribution in [0.5, 0.6) is 0 Å². The number of hydrogen-bond acceptors (Lipinski definition) is 3. The molecule has 0 aromatic carbocycles. The highest BCUT2D eigenvalue weighted by atomic mass is 16.4. The summed E-state index contributed by atoms with van der Waals surface area (Å²) >= 11 is 0. The minimum atomic E-state index is -1.58. The van der Waals surface area contributed by atoms with E-state index in [2.05, 4.69) is 6.58 Å². The molecule has 0 bridgehead atoms. The summed E-state index contributed by atoms with van der Waals surface area (Å²) in [5.74, 6) is -3.99. The van der Waals surface area contributed by atoms with Crippen LogP contribution in [0.15, 0.2) is 24.3 Å². The molecule has 12 heavy (non-hydrogen) atoms. The fourth-order valence-electron chi connectivity index (χ4n) is 0.472. The van der Waals surface area contributed by atoms with E-state index in [9.17, 15) is 14.4 Å². The smallest absolute Gasteiger partial charge is 0.339 e. The summed E-state index contributed by atoms with van der Waals surface area (Å²) in [5.41, 5.74) is -0.808. The maximum atomic E-state index is 10.7. The molecule has 0 radical (unpaired) electrons. The van der Waals surface area contributed by atoms with Gasteiger partial charge >= 0.3 is 11.9 Å². The molecule has 0 heterocycles. The standard InChI is InChI=1S/C7H6O5/c1-2-5(8)4(7(11)12)3-6(9)10/h2-3H,1H2,(H,9,10)(H,11,12). The van der Waals surface area contributed by atoms with Crippen LogP contribution in [-0.4, -0.2) is 27.9 Å². The lowest BCUT2D eigenvalue weighted by Gasteiger charge is -1.92. The van der Waals surface area contributed by atoms with E-state index in [1.165, 1.54) is 0 Å². The molecule has 0 aliphatic carbocycles. The third-order valence-electron chi connectivity index (χ3n) is 0.949. The quantitative estimate of drug-likeness (QED) is 0.347.